The fourth-order valence-electron chi connectivity index (χ4n) is 4.55. The van der Waals surface area contributed by atoms with Gasteiger partial charge in [0.1, 0.15) is 5.75 Å². The first-order valence-corrected chi connectivity index (χ1v) is 11.6. The van der Waals surface area contributed by atoms with Gasteiger partial charge in [0.2, 0.25) is 0 Å². The van der Waals surface area contributed by atoms with Crippen LogP contribution in [0.3, 0.4) is 0 Å². The maximum absolute atomic E-state index is 6.00. The van der Waals surface area contributed by atoms with Crippen LogP contribution in [0.1, 0.15) is 63.9 Å². The van der Waals surface area contributed by atoms with Crippen LogP contribution in [0.5, 0.6) is 5.75 Å². The van der Waals surface area contributed by atoms with E-state index in [1.165, 1.54) is 57.3 Å². The van der Waals surface area contributed by atoms with E-state index in [4.69, 9.17) is 9.47 Å². The molecule has 0 radical (unpaired) electrons. The van der Waals surface area contributed by atoms with Crippen LogP contribution < -0.4 is 10.1 Å². The van der Waals surface area contributed by atoms with Crippen LogP contribution in [0.15, 0.2) is 24.3 Å². The topological polar surface area (TPSA) is 33.7 Å². The molecular formula is C24H40N2O2. The van der Waals surface area contributed by atoms with Crippen molar-refractivity contribution in [2.45, 2.75) is 63.7 Å². The highest BCUT2D eigenvalue weighted by molar-refractivity contribution is 5.33. The monoisotopic (exact) mass is 388 g/mol. The van der Waals surface area contributed by atoms with Crippen molar-refractivity contribution in [1.82, 2.24) is 10.2 Å². The van der Waals surface area contributed by atoms with E-state index in [1.807, 2.05) is 0 Å². The van der Waals surface area contributed by atoms with Crippen molar-refractivity contribution in [2.24, 2.45) is 0 Å². The van der Waals surface area contributed by atoms with Gasteiger partial charge in [-0.3, -0.25) is 0 Å². The molecule has 28 heavy (non-hydrogen) atoms. The molecule has 2 heterocycles. The lowest BCUT2D eigenvalue weighted by Crippen LogP contribution is -2.43. The predicted octanol–water partition coefficient (Wildman–Crippen LogP) is 4.38. The molecule has 0 saturated carbocycles. The molecule has 0 aliphatic carbocycles. The number of rotatable bonds is 12. The summed E-state index contributed by atoms with van der Waals surface area (Å²) >= 11 is 0. The molecule has 2 aliphatic rings. The van der Waals surface area contributed by atoms with Gasteiger partial charge in [0, 0.05) is 31.7 Å². The van der Waals surface area contributed by atoms with Crippen LogP contribution in [-0.2, 0) is 10.2 Å². The Bertz CT molecular complexity index is 534. The summed E-state index contributed by atoms with van der Waals surface area (Å²) in [5.41, 5.74) is 1.64. The summed E-state index contributed by atoms with van der Waals surface area (Å²) in [6.45, 7) is 10.7. The molecule has 158 valence electrons. The maximum Gasteiger partial charge on any atom is 0.119 e. The molecule has 1 N–H and O–H groups in total. The van der Waals surface area contributed by atoms with Crippen LogP contribution in [0.4, 0.5) is 0 Å². The zero-order chi connectivity index (χ0) is 19.5. The van der Waals surface area contributed by atoms with Gasteiger partial charge in [0.25, 0.3) is 0 Å². The van der Waals surface area contributed by atoms with Gasteiger partial charge in [-0.05, 0) is 75.9 Å². The lowest BCUT2D eigenvalue weighted by molar-refractivity contribution is 0.0499. The van der Waals surface area contributed by atoms with Crippen molar-refractivity contribution in [3.63, 3.8) is 0 Å². The van der Waals surface area contributed by atoms with E-state index >= 15 is 0 Å². The Labute approximate surface area is 172 Å². The summed E-state index contributed by atoms with van der Waals surface area (Å²) in [7, 11) is 0. The van der Waals surface area contributed by atoms with Crippen molar-refractivity contribution in [3.8, 4) is 5.75 Å². The van der Waals surface area contributed by atoms with E-state index in [2.05, 4.69) is 41.4 Å². The van der Waals surface area contributed by atoms with Crippen molar-refractivity contribution < 1.29 is 9.47 Å². The van der Waals surface area contributed by atoms with Gasteiger partial charge in [-0.2, -0.15) is 0 Å². The van der Waals surface area contributed by atoms with Crippen molar-refractivity contribution in [1.29, 1.82) is 0 Å². The average Bonchev–Trinajstić information content (AvgIpc) is 3.26. The highest BCUT2D eigenvalue weighted by atomic mass is 16.5. The maximum atomic E-state index is 6.00. The molecule has 3 rings (SSSR count). The average molecular weight is 389 g/mol. The van der Waals surface area contributed by atoms with Crippen molar-refractivity contribution >= 4 is 0 Å². The van der Waals surface area contributed by atoms with Crippen LogP contribution in [0.2, 0.25) is 0 Å². The van der Waals surface area contributed by atoms with Crippen molar-refractivity contribution in [2.75, 3.05) is 52.5 Å². The van der Waals surface area contributed by atoms with Gasteiger partial charge in [-0.25, -0.2) is 0 Å². The molecule has 0 atom stereocenters. The molecule has 2 fully saturated rings. The molecule has 0 amide bonds. The Morgan fingerprint density at radius 2 is 1.79 bits per heavy atom. The van der Waals surface area contributed by atoms with Gasteiger partial charge >= 0.3 is 0 Å². The summed E-state index contributed by atoms with van der Waals surface area (Å²) in [5.74, 6) is 1.00. The largest absolute Gasteiger partial charge is 0.494 e. The summed E-state index contributed by atoms with van der Waals surface area (Å²) < 4.78 is 11.7. The SMILES string of the molecule is CCCCCNCC1(c2ccc(OCCCN3CCCC3)cc2)CCOCC1. The first-order valence-electron chi connectivity index (χ1n) is 11.6. The second-order valence-electron chi connectivity index (χ2n) is 8.55. The van der Waals surface area contributed by atoms with Crippen LogP contribution >= 0.6 is 0 Å². The molecule has 4 nitrogen and oxygen atoms in total. The molecule has 0 aromatic heterocycles. The number of likely N-dealkylation sites (tertiary alicyclic amines) is 1. The Morgan fingerprint density at radius 1 is 1.04 bits per heavy atom. The number of ether oxygens (including phenoxy) is 2. The Balaban J connectivity index is 1.48. The Kier molecular flexibility index (Phi) is 9.10. The molecule has 0 spiro atoms. The second-order valence-corrected chi connectivity index (χ2v) is 8.55. The first kappa shape index (κ1) is 21.6. The number of nitrogens with one attached hydrogen (secondary N) is 1. The van der Waals surface area contributed by atoms with Crippen molar-refractivity contribution in [3.05, 3.63) is 29.8 Å². The number of unbranched alkanes of at least 4 members (excludes halogenated alkanes) is 2. The summed E-state index contributed by atoms with van der Waals surface area (Å²) in [6, 6.07) is 8.91. The summed E-state index contributed by atoms with van der Waals surface area (Å²) in [4.78, 5) is 2.55. The van der Waals surface area contributed by atoms with E-state index in [-0.39, 0.29) is 5.41 Å². The zero-order valence-corrected chi connectivity index (χ0v) is 17.9. The normalized spacial score (nSPS) is 19.8. The minimum absolute atomic E-state index is 0.207. The zero-order valence-electron chi connectivity index (χ0n) is 17.9. The molecule has 1 aromatic carbocycles. The third-order valence-electron chi connectivity index (χ3n) is 6.42. The Hall–Kier alpha value is -1.10. The number of hydrogen-bond donors (Lipinski definition) is 1. The molecule has 2 saturated heterocycles. The van der Waals surface area contributed by atoms with Gasteiger partial charge in [-0.1, -0.05) is 31.9 Å². The van der Waals surface area contributed by atoms with Gasteiger partial charge < -0.3 is 19.7 Å². The van der Waals surface area contributed by atoms with Crippen LogP contribution in [-0.4, -0.2) is 57.4 Å². The third kappa shape index (κ3) is 6.47. The highest BCUT2D eigenvalue weighted by Gasteiger charge is 2.34. The van der Waals surface area contributed by atoms with E-state index < -0.39 is 0 Å². The fourth-order valence-corrected chi connectivity index (χ4v) is 4.55. The predicted molar refractivity (Wildman–Crippen MR) is 116 cm³/mol. The van der Waals surface area contributed by atoms with E-state index in [1.54, 1.807) is 0 Å². The molecule has 4 heteroatoms. The Morgan fingerprint density at radius 3 is 2.50 bits per heavy atom. The van der Waals surface area contributed by atoms with Gasteiger partial charge in [0.05, 0.1) is 6.61 Å². The standard InChI is InChI=1S/C24H40N2O2/c1-2-3-4-14-25-21-24(12-19-27-20-13-24)22-8-10-23(11-9-22)28-18-7-17-26-15-5-6-16-26/h8-11,25H,2-7,12-21H2,1H3. The molecule has 0 bridgehead atoms. The van der Waals surface area contributed by atoms with E-state index in [0.717, 1.165) is 57.9 Å². The van der Waals surface area contributed by atoms with E-state index in [0.29, 0.717) is 0 Å². The minimum atomic E-state index is 0.207. The minimum Gasteiger partial charge on any atom is -0.494 e. The van der Waals surface area contributed by atoms with Crippen LogP contribution in [0.25, 0.3) is 0 Å². The molecule has 2 aliphatic heterocycles. The lowest BCUT2D eigenvalue weighted by atomic mass is 9.74. The fraction of sp³-hybridized carbons (Fsp3) is 0.750. The summed E-state index contributed by atoms with van der Waals surface area (Å²) in [5, 5.41) is 3.72. The smallest absolute Gasteiger partial charge is 0.119 e. The summed E-state index contributed by atoms with van der Waals surface area (Å²) in [6.07, 6.45) is 9.91. The number of benzene rings is 1. The molecule has 1 aromatic rings. The lowest BCUT2D eigenvalue weighted by Gasteiger charge is -2.38. The van der Waals surface area contributed by atoms with Gasteiger partial charge in [-0.15, -0.1) is 0 Å². The number of hydrogen-bond acceptors (Lipinski definition) is 4. The molecule has 0 unspecified atom stereocenters. The second kappa shape index (κ2) is 11.8. The quantitative estimate of drug-likeness (QED) is 0.539. The third-order valence-corrected chi connectivity index (χ3v) is 6.42. The number of nitrogens with zero attached hydrogens (tertiary/aromatic N) is 1. The molecular weight excluding hydrogens is 348 g/mol. The highest BCUT2D eigenvalue weighted by Crippen LogP contribution is 2.35. The van der Waals surface area contributed by atoms with Gasteiger partial charge in [0.15, 0.2) is 0 Å². The first-order chi connectivity index (χ1) is 13.8. The van der Waals surface area contributed by atoms with Crippen LogP contribution in [0, 0.1) is 0 Å². The van der Waals surface area contributed by atoms with E-state index in [9.17, 15) is 0 Å².